The molecule has 5 heteroatoms. The molecule has 3 N–H and O–H groups in total. The lowest BCUT2D eigenvalue weighted by Gasteiger charge is -2.10. The highest BCUT2D eigenvalue weighted by molar-refractivity contribution is 5.94. The number of hydrogen-bond donors (Lipinski definition) is 2. The maximum absolute atomic E-state index is 5.97. The van der Waals surface area contributed by atoms with E-state index in [4.69, 9.17) is 15.2 Å². The first kappa shape index (κ1) is 18.6. The van der Waals surface area contributed by atoms with Crippen molar-refractivity contribution in [1.82, 2.24) is 0 Å². The van der Waals surface area contributed by atoms with Crippen molar-refractivity contribution in [2.24, 2.45) is 10.7 Å². The topological polar surface area (TPSA) is 68.9 Å². The Labute approximate surface area is 149 Å². The minimum absolute atomic E-state index is 0.148. The van der Waals surface area contributed by atoms with Gasteiger partial charge in [0, 0.05) is 5.69 Å². The third kappa shape index (κ3) is 6.75. The van der Waals surface area contributed by atoms with Crippen molar-refractivity contribution in [3.8, 4) is 11.5 Å². The number of guanidine groups is 1. The summed E-state index contributed by atoms with van der Waals surface area (Å²) in [7, 11) is 0. The Bertz CT molecular complexity index is 664. The highest BCUT2D eigenvalue weighted by Gasteiger charge is 2.00. The zero-order chi connectivity index (χ0) is 18.1. The minimum Gasteiger partial charge on any atom is -0.494 e. The molecule has 5 nitrogen and oxygen atoms in total. The Morgan fingerprint density at radius 1 is 1.04 bits per heavy atom. The molecule has 0 radical (unpaired) electrons. The number of aliphatic imine (C=N–C) groups is 1. The van der Waals surface area contributed by atoms with Crippen molar-refractivity contribution < 1.29 is 9.47 Å². The summed E-state index contributed by atoms with van der Waals surface area (Å²) in [6.45, 7) is 6.87. The van der Waals surface area contributed by atoms with Crippen LogP contribution in [0.25, 0.3) is 0 Å². The Morgan fingerprint density at radius 2 is 1.68 bits per heavy atom. The molecule has 2 rings (SSSR count). The van der Waals surface area contributed by atoms with Gasteiger partial charge in [0.1, 0.15) is 11.5 Å². The zero-order valence-corrected chi connectivity index (χ0v) is 15.2. The van der Waals surface area contributed by atoms with Crippen LogP contribution in [0.1, 0.15) is 33.6 Å². The lowest BCUT2D eigenvalue weighted by molar-refractivity contribution is 0.242. The van der Waals surface area contributed by atoms with E-state index in [9.17, 15) is 0 Å². The van der Waals surface area contributed by atoms with E-state index in [2.05, 4.69) is 17.2 Å². The number of anilines is 1. The molecule has 0 saturated carbocycles. The average molecular weight is 341 g/mol. The number of unbranched alkanes of at least 4 members (excludes halogenated alkanes) is 1. The standard InChI is InChI=1S/C20H27N3O2/c1-4-5-14-24-18-10-6-16(7-11-18)22-20(21)23-17-8-12-19(13-9-17)25-15(2)3/h6-13,15H,4-5,14H2,1-3H3,(H3,21,22,23). The van der Waals surface area contributed by atoms with Gasteiger partial charge in [-0.05, 0) is 68.8 Å². The molecule has 2 aromatic rings. The quantitative estimate of drug-likeness (QED) is 0.414. The molecule has 0 bridgehead atoms. The maximum atomic E-state index is 5.97. The van der Waals surface area contributed by atoms with Crippen LogP contribution >= 0.6 is 0 Å². The molecule has 0 saturated heterocycles. The van der Waals surface area contributed by atoms with Crippen molar-refractivity contribution in [2.45, 2.75) is 39.7 Å². The van der Waals surface area contributed by atoms with E-state index < -0.39 is 0 Å². The third-order valence-electron chi connectivity index (χ3n) is 3.35. The van der Waals surface area contributed by atoms with Crippen molar-refractivity contribution in [3.63, 3.8) is 0 Å². The molecule has 0 aliphatic heterocycles. The number of nitrogens with zero attached hydrogens (tertiary/aromatic N) is 1. The van der Waals surface area contributed by atoms with E-state index in [0.29, 0.717) is 5.96 Å². The predicted molar refractivity (Wildman–Crippen MR) is 104 cm³/mol. The van der Waals surface area contributed by atoms with Gasteiger partial charge in [-0.15, -0.1) is 0 Å². The summed E-state index contributed by atoms with van der Waals surface area (Å²) < 4.78 is 11.2. The van der Waals surface area contributed by atoms with Crippen molar-refractivity contribution in [1.29, 1.82) is 0 Å². The van der Waals surface area contributed by atoms with Gasteiger partial charge in [-0.1, -0.05) is 13.3 Å². The number of benzene rings is 2. The van der Waals surface area contributed by atoms with Gasteiger partial charge in [0.2, 0.25) is 0 Å². The monoisotopic (exact) mass is 341 g/mol. The molecule has 25 heavy (non-hydrogen) atoms. The van der Waals surface area contributed by atoms with Crippen LogP contribution in [0, 0.1) is 0 Å². The second-order valence-electron chi connectivity index (χ2n) is 6.01. The van der Waals surface area contributed by atoms with Crippen LogP contribution in [0.2, 0.25) is 0 Å². The number of hydrogen-bond acceptors (Lipinski definition) is 3. The summed E-state index contributed by atoms with van der Waals surface area (Å²) in [5.41, 5.74) is 7.60. The van der Waals surface area contributed by atoms with Crippen LogP contribution in [0.3, 0.4) is 0 Å². The predicted octanol–water partition coefficient (Wildman–Crippen LogP) is 4.71. The van der Waals surface area contributed by atoms with Gasteiger partial charge >= 0.3 is 0 Å². The van der Waals surface area contributed by atoms with Crippen LogP contribution < -0.4 is 20.5 Å². The van der Waals surface area contributed by atoms with E-state index in [1.807, 2.05) is 62.4 Å². The summed E-state index contributed by atoms with van der Waals surface area (Å²) in [5.74, 6) is 2.01. The zero-order valence-electron chi connectivity index (χ0n) is 15.2. The Balaban J connectivity index is 1.91. The van der Waals surface area contributed by atoms with Crippen molar-refractivity contribution in [3.05, 3.63) is 48.5 Å². The Hall–Kier alpha value is -2.69. The molecule has 0 aliphatic rings. The second-order valence-corrected chi connectivity index (χ2v) is 6.01. The van der Waals surface area contributed by atoms with Crippen molar-refractivity contribution >= 4 is 17.3 Å². The van der Waals surface area contributed by atoms with Gasteiger partial charge in [0.15, 0.2) is 5.96 Å². The maximum Gasteiger partial charge on any atom is 0.198 e. The molecular weight excluding hydrogens is 314 g/mol. The summed E-state index contributed by atoms with van der Waals surface area (Å²) in [6, 6.07) is 15.2. The van der Waals surface area contributed by atoms with Gasteiger partial charge in [0.25, 0.3) is 0 Å². The van der Waals surface area contributed by atoms with Gasteiger partial charge in [-0.25, -0.2) is 4.99 Å². The summed E-state index contributed by atoms with van der Waals surface area (Å²) in [5, 5.41) is 3.07. The number of rotatable bonds is 8. The third-order valence-corrected chi connectivity index (χ3v) is 3.35. The molecule has 0 amide bonds. The fourth-order valence-corrected chi connectivity index (χ4v) is 2.16. The highest BCUT2D eigenvalue weighted by Crippen LogP contribution is 2.20. The molecule has 0 spiro atoms. The first-order valence-electron chi connectivity index (χ1n) is 8.67. The van der Waals surface area contributed by atoms with E-state index in [-0.39, 0.29) is 6.10 Å². The van der Waals surface area contributed by atoms with Gasteiger partial charge < -0.3 is 20.5 Å². The van der Waals surface area contributed by atoms with Crippen LogP contribution in [0.15, 0.2) is 53.5 Å². The Kier molecular flexibility index (Phi) is 7.14. The van der Waals surface area contributed by atoms with Gasteiger partial charge in [0.05, 0.1) is 18.4 Å². The largest absolute Gasteiger partial charge is 0.494 e. The fourth-order valence-electron chi connectivity index (χ4n) is 2.16. The number of nitrogens with two attached hydrogens (primary N) is 1. The number of ether oxygens (including phenoxy) is 2. The van der Waals surface area contributed by atoms with Crippen molar-refractivity contribution in [2.75, 3.05) is 11.9 Å². The lowest BCUT2D eigenvalue weighted by atomic mass is 10.3. The minimum atomic E-state index is 0.148. The van der Waals surface area contributed by atoms with E-state index >= 15 is 0 Å². The molecule has 2 aromatic carbocycles. The van der Waals surface area contributed by atoms with Gasteiger partial charge in [-0.3, -0.25) is 0 Å². The Morgan fingerprint density at radius 3 is 2.28 bits per heavy atom. The van der Waals surface area contributed by atoms with E-state index in [0.717, 1.165) is 42.3 Å². The molecule has 0 unspecified atom stereocenters. The summed E-state index contributed by atoms with van der Waals surface area (Å²) in [6.07, 6.45) is 2.33. The average Bonchev–Trinajstić information content (AvgIpc) is 2.58. The van der Waals surface area contributed by atoms with E-state index in [1.54, 1.807) is 0 Å². The summed E-state index contributed by atoms with van der Waals surface area (Å²) >= 11 is 0. The lowest BCUT2D eigenvalue weighted by Crippen LogP contribution is -2.21. The van der Waals surface area contributed by atoms with Crippen LogP contribution in [0.5, 0.6) is 11.5 Å². The number of nitrogens with one attached hydrogen (secondary N) is 1. The van der Waals surface area contributed by atoms with Crippen LogP contribution in [0.4, 0.5) is 11.4 Å². The smallest absolute Gasteiger partial charge is 0.198 e. The highest BCUT2D eigenvalue weighted by atomic mass is 16.5. The molecule has 0 fully saturated rings. The van der Waals surface area contributed by atoms with E-state index in [1.165, 1.54) is 0 Å². The SMILES string of the molecule is CCCCOc1ccc(NC(N)=Nc2ccc(OC(C)C)cc2)cc1. The fraction of sp³-hybridized carbons (Fsp3) is 0.350. The summed E-state index contributed by atoms with van der Waals surface area (Å²) in [4.78, 5) is 4.35. The van der Waals surface area contributed by atoms with Crippen LogP contribution in [-0.4, -0.2) is 18.7 Å². The molecular formula is C20H27N3O2. The molecule has 0 aliphatic carbocycles. The molecule has 0 heterocycles. The molecule has 0 atom stereocenters. The first-order valence-corrected chi connectivity index (χ1v) is 8.67. The molecule has 134 valence electrons. The normalized spacial score (nSPS) is 11.4. The van der Waals surface area contributed by atoms with Gasteiger partial charge in [-0.2, -0.15) is 0 Å². The van der Waals surface area contributed by atoms with Crippen LogP contribution in [-0.2, 0) is 0 Å². The first-order chi connectivity index (χ1) is 12.1. The second kappa shape index (κ2) is 9.57. The molecule has 0 aromatic heterocycles.